The predicted molar refractivity (Wildman–Crippen MR) is 121 cm³/mol. The van der Waals surface area contributed by atoms with Gasteiger partial charge >= 0.3 is 0 Å². The number of hydrogen-bond acceptors (Lipinski definition) is 5. The molecule has 0 aliphatic carbocycles. The van der Waals surface area contributed by atoms with Crippen LogP contribution in [0.1, 0.15) is 44.4 Å². The molecule has 2 rings (SSSR count). The van der Waals surface area contributed by atoms with E-state index in [-0.39, 0.29) is 18.4 Å². The van der Waals surface area contributed by atoms with E-state index in [1.165, 1.54) is 0 Å². The van der Waals surface area contributed by atoms with E-state index in [0.717, 1.165) is 5.56 Å². The van der Waals surface area contributed by atoms with E-state index in [2.05, 4.69) is 31.4 Å². The van der Waals surface area contributed by atoms with Crippen LogP contribution in [0.2, 0.25) is 0 Å². The Morgan fingerprint density at radius 1 is 1.03 bits per heavy atom. The molecule has 4 N–H and O–H groups in total. The van der Waals surface area contributed by atoms with Crippen LogP contribution in [0.5, 0.6) is 5.75 Å². The number of carbonyl (C=O) groups excluding carboxylic acids is 3. The molecule has 0 bridgehead atoms. The van der Waals surface area contributed by atoms with Crippen molar-refractivity contribution in [2.75, 3.05) is 19.0 Å². The molecule has 31 heavy (non-hydrogen) atoms. The topological polar surface area (TPSA) is 111 Å². The zero-order valence-electron chi connectivity index (χ0n) is 18.5. The van der Waals surface area contributed by atoms with Gasteiger partial charge in [-0.3, -0.25) is 9.59 Å². The zero-order chi connectivity index (χ0) is 23.0. The van der Waals surface area contributed by atoms with Crippen LogP contribution >= 0.6 is 0 Å². The van der Waals surface area contributed by atoms with Gasteiger partial charge in [-0.15, -0.1) is 0 Å². The lowest BCUT2D eigenvalue weighted by Gasteiger charge is -2.22. The van der Waals surface area contributed by atoms with Gasteiger partial charge in [-0.25, -0.2) is 0 Å². The predicted octanol–water partition coefficient (Wildman–Crippen LogP) is 2.95. The molecule has 7 nitrogen and oxygen atoms in total. The first-order valence-electron chi connectivity index (χ1n) is 10.2. The van der Waals surface area contributed by atoms with E-state index in [1.807, 2.05) is 24.3 Å². The molecular formula is C24H31N3O4. The molecule has 0 heterocycles. The number of aldehydes is 1. The quantitative estimate of drug-likeness (QED) is 0.535. The van der Waals surface area contributed by atoms with Gasteiger partial charge in [-0.2, -0.15) is 0 Å². The first-order valence-corrected chi connectivity index (χ1v) is 10.2. The van der Waals surface area contributed by atoms with Crippen molar-refractivity contribution in [3.05, 3.63) is 59.7 Å². The van der Waals surface area contributed by atoms with Gasteiger partial charge in [0.25, 0.3) is 5.91 Å². The average molecular weight is 426 g/mol. The molecule has 0 saturated heterocycles. The molecule has 2 aromatic rings. The highest BCUT2D eigenvalue weighted by molar-refractivity contribution is 5.98. The Morgan fingerprint density at radius 3 is 2.13 bits per heavy atom. The maximum Gasteiger partial charge on any atom is 0.251 e. The minimum absolute atomic E-state index is 0.00202. The second-order valence-corrected chi connectivity index (χ2v) is 8.37. The lowest BCUT2D eigenvalue weighted by Crippen LogP contribution is -2.42. The minimum Gasteiger partial charge on any atom is -0.497 e. The Morgan fingerprint density at radius 2 is 1.65 bits per heavy atom. The molecular weight excluding hydrogens is 394 g/mol. The summed E-state index contributed by atoms with van der Waals surface area (Å²) in [7, 11) is 1.55. The van der Waals surface area contributed by atoms with Gasteiger partial charge in [0.2, 0.25) is 5.91 Å². The molecule has 7 heteroatoms. The Bertz CT molecular complexity index is 887. The average Bonchev–Trinajstić information content (AvgIpc) is 2.75. The first kappa shape index (κ1) is 24.1. The van der Waals surface area contributed by atoms with Crippen molar-refractivity contribution in [1.82, 2.24) is 5.32 Å². The summed E-state index contributed by atoms with van der Waals surface area (Å²) in [5.74, 6) is -0.914. The third-order valence-electron chi connectivity index (χ3n) is 5.05. The van der Waals surface area contributed by atoms with Crippen molar-refractivity contribution in [3.63, 3.8) is 0 Å². The van der Waals surface area contributed by atoms with E-state index in [4.69, 9.17) is 10.5 Å². The third kappa shape index (κ3) is 6.65. The van der Waals surface area contributed by atoms with Gasteiger partial charge in [0, 0.05) is 18.7 Å². The molecule has 0 saturated carbocycles. The normalized spacial score (nSPS) is 13.1. The lowest BCUT2D eigenvalue weighted by molar-refractivity contribution is -0.130. The van der Waals surface area contributed by atoms with Crippen molar-refractivity contribution in [2.24, 2.45) is 11.7 Å². The number of hydrogen-bond donors (Lipinski definition) is 3. The van der Waals surface area contributed by atoms with Gasteiger partial charge in [0.15, 0.2) is 0 Å². The third-order valence-corrected chi connectivity index (χ3v) is 5.05. The first-order chi connectivity index (χ1) is 14.7. The van der Waals surface area contributed by atoms with Crippen molar-refractivity contribution in [2.45, 2.75) is 38.6 Å². The molecule has 2 unspecified atom stereocenters. The fraction of sp³-hybridized carbons (Fsp3) is 0.375. The van der Waals surface area contributed by atoms with E-state index in [1.54, 1.807) is 31.4 Å². The Hall–Kier alpha value is -3.19. The SMILES string of the molecule is COc1ccc(C(NC(=O)C(CN)CC=O)C(=O)Nc2ccc(C(C)(C)C)cc2)cc1. The van der Waals surface area contributed by atoms with Crippen LogP contribution in [0.3, 0.4) is 0 Å². The summed E-state index contributed by atoms with van der Waals surface area (Å²) in [6.07, 6.45) is 0.643. The Kier molecular flexibility index (Phi) is 8.33. The number of carbonyl (C=O) groups is 3. The number of benzene rings is 2. The summed E-state index contributed by atoms with van der Waals surface area (Å²) >= 11 is 0. The molecule has 0 aliphatic heterocycles. The van der Waals surface area contributed by atoms with Crippen LogP contribution in [-0.4, -0.2) is 31.8 Å². The number of anilines is 1. The molecule has 2 aromatic carbocycles. The number of methoxy groups -OCH3 is 1. The van der Waals surface area contributed by atoms with Crippen molar-refractivity contribution >= 4 is 23.8 Å². The molecule has 2 atom stereocenters. The largest absolute Gasteiger partial charge is 0.497 e. The standard InChI is InChI=1S/C24H31N3O4/c1-24(2,3)18-7-9-19(10-8-18)26-23(30)21(16-5-11-20(31-4)12-6-16)27-22(29)17(15-25)13-14-28/h5-12,14,17,21H,13,15,25H2,1-4H3,(H,26,30)(H,27,29). The van der Waals surface area contributed by atoms with Gasteiger partial charge in [-0.1, -0.05) is 45.0 Å². The van der Waals surface area contributed by atoms with Crippen LogP contribution in [-0.2, 0) is 19.8 Å². The van der Waals surface area contributed by atoms with Crippen LogP contribution in [0, 0.1) is 5.92 Å². The molecule has 0 aliphatic rings. The number of nitrogens with one attached hydrogen (secondary N) is 2. The second-order valence-electron chi connectivity index (χ2n) is 8.37. The van der Waals surface area contributed by atoms with Crippen molar-refractivity contribution < 1.29 is 19.1 Å². The van der Waals surface area contributed by atoms with Crippen LogP contribution in [0.4, 0.5) is 5.69 Å². The maximum absolute atomic E-state index is 13.1. The van der Waals surface area contributed by atoms with E-state index < -0.39 is 23.8 Å². The summed E-state index contributed by atoms with van der Waals surface area (Å²) in [5.41, 5.74) is 7.97. The Labute approximate surface area is 183 Å². The van der Waals surface area contributed by atoms with Crippen LogP contribution in [0.15, 0.2) is 48.5 Å². The van der Waals surface area contributed by atoms with Gasteiger partial charge in [-0.05, 0) is 40.8 Å². The molecule has 166 valence electrons. The van der Waals surface area contributed by atoms with E-state index in [9.17, 15) is 14.4 Å². The van der Waals surface area contributed by atoms with Gasteiger partial charge < -0.3 is 25.9 Å². The van der Waals surface area contributed by atoms with Crippen molar-refractivity contribution in [3.8, 4) is 5.75 Å². The maximum atomic E-state index is 13.1. The number of ether oxygens (including phenoxy) is 1. The lowest BCUT2D eigenvalue weighted by atomic mass is 9.87. The smallest absolute Gasteiger partial charge is 0.251 e. The Balaban J connectivity index is 2.26. The monoisotopic (exact) mass is 425 g/mol. The van der Waals surface area contributed by atoms with E-state index in [0.29, 0.717) is 23.3 Å². The molecule has 0 spiro atoms. The highest BCUT2D eigenvalue weighted by atomic mass is 16.5. The van der Waals surface area contributed by atoms with Gasteiger partial charge in [0.1, 0.15) is 18.1 Å². The summed E-state index contributed by atoms with van der Waals surface area (Å²) in [5, 5.41) is 5.59. The number of rotatable bonds is 9. The highest BCUT2D eigenvalue weighted by Gasteiger charge is 2.26. The van der Waals surface area contributed by atoms with E-state index >= 15 is 0 Å². The zero-order valence-corrected chi connectivity index (χ0v) is 18.5. The van der Waals surface area contributed by atoms with Crippen molar-refractivity contribution in [1.29, 1.82) is 0 Å². The summed E-state index contributed by atoms with van der Waals surface area (Å²) in [6.45, 7) is 6.35. The fourth-order valence-corrected chi connectivity index (χ4v) is 3.05. The highest BCUT2D eigenvalue weighted by Crippen LogP contribution is 2.25. The molecule has 2 amide bonds. The molecule has 0 fully saturated rings. The minimum atomic E-state index is -0.957. The number of nitrogens with two attached hydrogens (primary N) is 1. The molecule has 0 radical (unpaired) electrons. The summed E-state index contributed by atoms with van der Waals surface area (Å²) < 4.78 is 5.17. The summed E-state index contributed by atoms with van der Waals surface area (Å²) in [4.78, 5) is 36.6. The molecule has 0 aromatic heterocycles. The van der Waals surface area contributed by atoms with Gasteiger partial charge in [0.05, 0.1) is 13.0 Å². The second kappa shape index (κ2) is 10.7. The van der Waals surface area contributed by atoms with Crippen LogP contribution in [0.25, 0.3) is 0 Å². The van der Waals surface area contributed by atoms with Crippen LogP contribution < -0.4 is 21.1 Å². The number of amides is 2. The fourth-order valence-electron chi connectivity index (χ4n) is 3.05. The summed E-state index contributed by atoms with van der Waals surface area (Å²) in [6, 6.07) is 13.5.